The predicted molar refractivity (Wildman–Crippen MR) is 26.6 cm³/mol. The molecule has 0 aromatic rings. The van der Waals surface area contributed by atoms with Gasteiger partial charge in [-0.2, -0.15) is 0 Å². The molecule has 8 heavy (non-hydrogen) atoms. The number of carbonyl (C=O) groups excluding carboxylic acids is 1. The molecule has 7 heteroatoms. The summed E-state index contributed by atoms with van der Waals surface area (Å²) in [5, 5.41) is 0. The molecule has 48 valence electrons. The third-order valence-electron chi connectivity index (χ3n) is 0.233. The van der Waals surface area contributed by atoms with Crippen LogP contribution < -0.4 is 16.7 Å². The Hall–Kier alpha value is -0.580. The van der Waals surface area contributed by atoms with Gasteiger partial charge in [-0.15, -0.1) is 0 Å². The van der Waals surface area contributed by atoms with Crippen molar-refractivity contribution in [2.24, 2.45) is 16.7 Å². The highest BCUT2D eigenvalue weighted by atomic mass is 31.2. The van der Waals surface area contributed by atoms with E-state index in [1.165, 1.54) is 0 Å². The van der Waals surface area contributed by atoms with Crippen molar-refractivity contribution in [3.63, 3.8) is 0 Å². The molecule has 0 radical (unpaired) electrons. The third kappa shape index (κ3) is 5.42. The molecule has 0 aromatic carbocycles. The van der Waals surface area contributed by atoms with Crippen LogP contribution in [0.4, 0.5) is 4.79 Å². The number of nitrogens with two attached hydrogens (primary N) is 3. The Bertz CT molecular complexity index is 137. The Morgan fingerprint density at radius 1 is 1.50 bits per heavy atom. The summed E-state index contributed by atoms with van der Waals surface area (Å²) >= 11 is 0. The van der Waals surface area contributed by atoms with Crippen LogP contribution in [-0.4, -0.2) is 6.09 Å². The molecule has 0 aliphatic rings. The van der Waals surface area contributed by atoms with Gasteiger partial charge in [-0.25, -0.2) is 20.4 Å². The van der Waals surface area contributed by atoms with Gasteiger partial charge in [0, 0.05) is 0 Å². The summed E-state index contributed by atoms with van der Waals surface area (Å²) < 4.78 is 13.7. The number of amides is 1. The smallest absolute Gasteiger partial charge is 0.373 e. The number of carbonyl (C=O) groups is 1. The van der Waals surface area contributed by atoms with E-state index in [2.05, 4.69) is 21.3 Å². The van der Waals surface area contributed by atoms with Crippen molar-refractivity contribution < 1.29 is 13.9 Å². The fourth-order valence-electron chi connectivity index (χ4n) is 0.141. The molecule has 0 unspecified atom stereocenters. The van der Waals surface area contributed by atoms with Gasteiger partial charge >= 0.3 is 13.8 Å². The molecular weight excluding hydrogens is 133 g/mol. The van der Waals surface area contributed by atoms with Crippen LogP contribution in [-0.2, 0) is 9.09 Å². The van der Waals surface area contributed by atoms with E-state index in [9.17, 15) is 9.36 Å². The van der Waals surface area contributed by atoms with Gasteiger partial charge in [-0.1, -0.05) is 0 Å². The van der Waals surface area contributed by atoms with E-state index in [0.29, 0.717) is 0 Å². The predicted octanol–water partition coefficient (Wildman–Crippen LogP) is -0.893. The van der Waals surface area contributed by atoms with E-state index in [4.69, 9.17) is 0 Å². The Labute approximate surface area is 45.5 Å². The van der Waals surface area contributed by atoms with Crippen molar-refractivity contribution in [1.82, 2.24) is 0 Å². The average Bonchev–Trinajstić information content (AvgIpc) is 1.21. The maximum atomic E-state index is 10.1. The van der Waals surface area contributed by atoms with Crippen LogP contribution in [0.2, 0.25) is 0 Å². The van der Waals surface area contributed by atoms with Gasteiger partial charge < -0.3 is 10.3 Å². The zero-order valence-electron chi connectivity index (χ0n) is 3.90. The molecule has 0 atom stereocenters. The van der Waals surface area contributed by atoms with Crippen molar-refractivity contribution in [2.45, 2.75) is 0 Å². The van der Waals surface area contributed by atoms with Crippen LogP contribution >= 0.6 is 7.67 Å². The van der Waals surface area contributed by atoms with Gasteiger partial charge in [-0.05, 0) is 0 Å². The first kappa shape index (κ1) is 7.42. The highest BCUT2D eigenvalue weighted by molar-refractivity contribution is 7.54. The zero-order valence-corrected chi connectivity index (χ0v) is 4.80. The summed E-state index contributed by atoms with van der Waals surface area (Å²) in [6, 6.07) is 0. The van der Waals surface area contributed by atoms with Crippen molar-refractivity contribution in [3.05, 3.63) is 0 Å². The standard InChI is InChI=1S/CH6N3O3P/c2-1(5)7-8(3,4)6/h(H2,2,5)(H4,3,4,6). The first-order valence-corrected chi connectivity index (χ1v) is 3.34. The van der Waals surface area contributed by atoms with E-state index < -0.39 is 13.8 Å². The van der Waals surface area contributed by atoms with Crippen LogP contribution in [0, 0.1) is 0 Å². The monoisotopic (exact) mass is 139 g/mol. The highest BCUT2D eigenvalue weighted by Gasteiger charge is 2.11. The second kappa shape index (κ2) is 2.13. The Kier molecular flexibility index (Phi) is 1.97. The summed E-state index contributed by atoms with van der Waals surface area (Å²) in [6.07, 6.45) is -1.24. The maximum absolute atomic E-state index is 10.1. The fourth-order valence-corrected chi connectivity index (χ4v) is 0.422. The first-order valence-electron chi connectivity index (χ1n) is 1.58. The van der Waals surface area contributed by atoms with Gasteiger partial charge in [0.2, 0.25) is 0 Å². The molecule has 6 nitrogen and oxygen atoms in total. The summed E-state index contributed by atoms with van der Waals surface area (Å²) in [5.74, 6) is 0. The number of rotatable bonds is 1. The summed E-state index contributed by atoms with van der Waals surface area (Å²) in [6.45, 7) is 0. The summed E-state index contributed by atoms with van der Waals surface area (Å²) in [4.78, 5) is 9.68. The Balaban J connectivity index is 3.74. The van der Waals surface area contributed by atoms with Crippen LogP contribution in [0.3, 0.4) is 0 Å². The minimum absolute atomic E-state index is 1.24. The second-order valence-corrected chi connectivity index (χ2v) is 2.53. The van der Waals surface area contributed by atoms with Crippen molar-refractivity contribution in [1.29, 1.82) is 0 Å². The molecule has 0 saturated carbocycles. The van der Waals surface area contributed by atoms with Crippen LogP contribution in [0.15, 0.2) is 0 Å². The van der Waals surface area contributed by atoms with E-state index in [-0.39, 0.29) is 0 Å². The van der Waals surface area contributed by atoms with Gasteiger partial charge in [-0.3, -0.25) is 0 Å². The molecule has 6 N–H and O–H groups in total. The van der Waals surface area contributed by atoms with Crippen molar-refractivity contribution in [3.8, 4) is 0 Å². The Morgan fingerprint density at radius 3 is 1.88 bits per heavy atom. The average molecular weight is 139 g/mol. The zero-order chi connectivity index (χ0) is 6.78. The lowest BCUT2D eigenvalue weighted by Crippen LogP contribution is -2.18. The van der Waals surface area contributed by atoms with Gasteiger partial charge in [0.25, 0.3) is 0 Å². The van der Waals surface area contributed by atoms with Crippen molar-refractivity contribution in [2.75, 3.05) is 0 Å². The normalized spacial score (nSPS) is 10.8. The van der Waals surface area contributed by atoms with E-state index in [1.807, 2.05) is 0 Å². The SMILES string of the molecule is NC(=O)OP(N)(N)=O. The number of hydrogen-bond donors (Lipinski definition) is 3. The first-order chi connectivity index (χ1) is 3.42. The second-order valence-electron chi connectivity index (χ2n) is 1.06. The van der Waals surface area contributed by atoms with E-state index in [0.717, 1.165) is 0 Å². The highest BCUT2D eigenvalue weighted by Crippen LogP contribution is 2.25. The largest absolute Gasteiger partial charge is 0.411 e. The molecule has 0 spiro atoms. The molecule has 0 bridgehead atoms. The molecular formula is CH6N3O3P. The lowest BCUT2D eigenvalue weighted by Gasteiger charge is -2.01. The molecule has 0 rings (SSSR count). The van der Waals surface area contributed by atoms with E-state index in [1.54, 1.807) is 0 Å². The molecule has 0 aliphatic carbocycles. The van der Waals surface area contributed by atoms with Gasteiger partial charge in [0.05, 0.1) is 0 Å². The minimum atomic E-state index is -3.70. The maximum Gasteiger partial charge on any atom is 0.411 e. The Morgan fingerprint density at radius 2 is 1.88 bits per heavy atom. The minimum Gasteiger partial charge on any atom is -0.373 e. The molecule has 0 aliphatic heterocycles. The summed E-state index contributed by atoms with van der Waals surface area (Å²) in [7, 11) is -3.70. The van der Waals surface area contributed by atoms with Gasteiger partial charge in [0.1, 0.15) is 0 Å². The number of hydrogen-bond acceptors (Lipinski definition) is 3. The van der Waals surface area contributed by atoms with E-state index >= 15 is 0 Å². The summed E-state index contributed by atoms with van der Waals surface area (Å²) in [5.41, 5.74) is 13.5. The van der Waals surface area contributed by atoms with Gasteiger partial charge in [0.15, 0.2) is 0 Å². The fraction of sp³-hybridized carbons (Fsp3) is 0. The third-order valence-corrected chi connectivity index (χ3v) is 0.698. The van der Waals surface area contributed by atoms with Crippen molar-refractivity contribution >= 4 is 13.8 Å². The quantitative estimate of drug-likeness (QED) is 0.406. The molecule has 1 amide bonds. The number of primary amides is 1. The molecule has 0 saturated heterocycles. The van der Waals surface area contributed by atoms with Crippen LogP contribution in [0.5, 0.6) is 0 Å². The lowest BCUT2D eigenvalue weighted by atomic mass is 11.3. The lowest BCUT2D eigenvalue weighted by molar-refractivity contribution is 0.211. The molecule has 0 fully saturated rings. The van der Waals surface area contributed by atoms with Crippen LogP contribution in [0.1, 0.15) is 0 Å². The topological polar surface area (TPSA) is 121 Å². The van der Waals surface area contributed by atoms with Crippen LogP contribution in [0.25, 0.3) is 0 Å². The molecule has 0 aromatic heterocycles. The molecule has 0 heterocycles.